The van der Waals surface area contributed by atoms with Gasteiger partial charge >= 0.3 is 12.1 Å². The quantitative estimate of drug-likeness (QED) is 0.662. The highest BCUT2D eigenvalue weighted by Gasteiger charge is 2.33. The summed E-state index contributed by atoms with van der Waals surface area (Å²) in [6.45, 7) is 5.58. The van der Waals surface area contributed by atoms with Gasteiger partial charge in [-0.05, 0) is 18.4 Å². The Morgan fingerprint density at radius 2 is 1.65 bits per heavy atom. The third-order valence-electron chi connectivity index (χ3n) is 3.84. The normalized spacial score (nSPS) is 11.6. The summed E-state index contributed by atoms with van der Waals surface area (Å²) in [6, 6.07) is 8.56. The second kappa shape index (κ2) is 10.4. The molecule has 1 rings (SSSR count). The summed E-state index contributed by atoms with van der Waals surface area (Å²) in [4.78, 5) is 39.2. The molecule has 0 bridgehead atoms. The first kappa shape index (κ1) is 21.5. The fraction of sp³-hybridized carbons (Fsp3) is 0.526. The zero-order valence-corrected chi connectivity index (χ0v) is 16.1. The number of hydrogen-bond acceptors (Lipinski definition) is 5. The molecule has 0 unspecified atom stereocenters. The van der Waals surface area contributed by atoms with Gasteiger partial charge in [0.05, 0.1) is 6.61 Å². The number of benzene rings is 1. The molecule has 1 aromatic carbocycles. The van der Waals surface area contributed by atoms with Crippen molar-refractivity contribution in [2.24, 2.45) is 5.92 Å². The fourth-order valence-corrected chi connectivity index (χ4v) is 2.54. The molecule has 7 nitrogen and oxygen atoms in total. The molecule has 144 valence electrons. The molecule has 0 aliphatic heterocycles. The van der Waals surface area contributed by atoms with Gasteiger partial charge in [-0.3, -0.25) is 14.5 Å². The van der Waals surface area contributed by atoms with Crippen LogP contribution in [-0.2, 0) is 25.7 Å². The van der Waals surface area contributed by atoms with Crippen LogP contribution in [0.3, 0.4) is 0 Å². The largest absolute Gasteiger partial charge is 0.465 e. The molecule has 2 amide bonds. The van der Waals surface area contributed by atoms with Crippen molar-refractivity contribution in [1.29, 1.82) is 0 Å². The lowest BCUT2D eigenvalue weighted by molar-refractivity contribution is -0.149. The second-order valence-electron chi connectivity index (χ2n) is 6.34. The molecular formula is C19H28N2O5. The average molecular weight is 364 g/mol. The minimum Gasteiger partial charge on any atom is -0.465 e. The van der Waals surface area contributed by atoms with E-state index in [0.29, 0.717) is 0 Å². The number of rotatable bonds is 8. The Kier molecular flexibility index (Phi) is 8.61. The zero-order valence-electron chi connectivity index (χ0n) is 16.1. The Balaban J connectivity index is 2.72. The fourth-order valence-electron chi connectivity index (χ4n) is 2.54. The smallest absolute Gasteiger partial charge is 0.410 e. The van der Waals surface area contributed by atoms with E-state index < -0.39 is 18.1 Å². The molecule has 0 spiro atoms. The standard InChI is InChI=1S/C19H28N2O5/c1-6-25-16(22)12-20(4)18(23)17(14(2)3)21(5)19(24)26-13-15-10-8-7-9-11-15/h7-11,14,17H,6,12-13H2,1-5H3/t17-/m0/s1. The predicted octanol–water partition coefficient (Wildman–Crippen LogP) is 2.30. The van der Waals surface area contributed by atoms with Crippen LogP contribution in [0.4, 0.5) is 4.79 Å². The molecule has 0 heterocycles. The molecule has 0 N–H and O–H groups in total. The summed E-state index contributed by atoms with van der Waals surface area (Å²) < 4.78 is 10.2. The molecule has 0 radical (unpaired) electrons. The maximum Gasteiger partial charge on any atom is 0.410 e. The molecule has 0 saturated heterocycles. The number of nitrogens with zero attached hydrogens (tertiary/aromatic N) is 2. The molecule has 0 aliphatic carbocycles. The van der Waals surface area contributed by atoms with Gasteiger partial charge in [0.2, 0.25) is 5.91 Å². The number of carbonyl (C=O) groups excluding carboxylic acids is 3. The third kappa shape index (κ3) is 6.38. The summed E-state index contributed by atoms with van der Waals surface area (Å²) in [6.07, 6.45) is -0.592. The Bertz CT molecular complexity index is 603. The third-order valence-corrected chi connectivity index (χ3v) is 3.84. The number of likely N-dealkylation sites (N-methyl/N-ethyl adjacent to an activating group) is 2. The van der Waals surface area contributed by atoms with Gasteiger partial charge in [-0.15, -0.1) is 0 Å². The van der Waals surface area contributed by atoms with E-state index in [2.05, 4.69) is 0 Å². The van der Waals surface area contributed by atoms with E-state index in [1.165, 1.54) is 23.9 Å². The van der Waals surface area contributed by atoms with Crippen LogP contribution in [0.15, 0.2) is 30.3 Å². The zero-order chi connectivity index (χ0) is 19.7. The lowest BCUT2D eigenvalue weighted by Gasteiger charge is -2.32. The van der Waals surface area contributed by atoms with Crippen molar-refractivity contribution in [3.8, 4) is 0 Å². The molecule has 0 fully saturated rings. The highest BCUT2D eigenvalue weighted by Crippen LogP contribution is 2.14. The summed E-state index contributed by atoms with van der Waals surface area (Å²) in [5.41, 5.74) is 0.862. The molecule has 1 aromatic rings. The number of carbonyl (C=O) groups is 3. The Labute approximate surface area is 154 Å². The number of esters is 1. The van der Waals surface area contributed by atoms with Crippen LogP contribution in [-0.4, -0.2) is 61.1 Å². The minimum atomic E-state index is -0.738. The molecule has 0 aliphatic rings. The van der Waals surface area contributed by atoms with Crippen LogP contribution in [0.2, 0.25) is 0 Å². The van der Waals surface area contributed by atoms with Crippen molar-refractivity contribution < 1.29 is 23.9 Å². The predicted molar refractivity (Wildman–Crippen MR) is 97.3 cm³/mol. The van der Waals surface area contributed by atoms with Crippen LogP contribution in [0.1, 0.15) is 26.3 Å². The second-order valence-corrected chi connectivity index (χ2v) is 6.34. The molecule has 7 heteroatoms. The van der Waals surface area contributed by atoms with Crippen LogP contribution >= 0.6 is 0 Å². The minimum absolute atomic E-state index is 0.127. The summed E-state index contributed by atoms with van der Waals surface area (Å²) in [7, 11) is 3.03. The highest BCUT2D eigenvalue weighted by molar-refractivity contribution is 5.88. The molecule has 0 saturated carbocycles. The maximum absolute atomic E-state index is 12.7. The molecular weight excluding hydrogens is 336 g/mol. The van der Waals surface area contributed by atoms with Crippen molar-refractivity contribution >= 4 is 18.0 Å². The van der Waals surface area contributed by atoms with Gasteiger partial charge in [0.25, 0.3) is 0 Å². The Hall–Kier alpha value is -2.57. The van der Waals surface area contributed by atoms with E-state index in [1.54, 1.807) is 6.92 Å². The van der Waals surface area contributed by atoms with E-state index in [-0.39, 0.29) is 31.6 Å². The van der Waals surface area contributed by atoms with Crippen LogP contribution in [0.5, 0.6) is 0 Å². The van der Waals surface area contributed by atoms with Gasteiger partial charge in [0.1, 0.15) is 19.2 Å². The van der Waals surface area contributed by atoms with E-state index >= 15 is 0 Å². The van der Waals surface area contributed by atoms with E-state index in [0.717, 1.165) is 5.56 Å². The average Bonchev–Trinajstić information content (AvgIpc) is 2.60. The van der Waals surface area contributed by atoms with Gasteiger partial charge in [0.15, 0.2) is 0 Å². The highest BCUT2D eigenvalue weighted by atomic mass is 16.6. The molecule has 0 aromatic heterocycles. The summed E-state index contributed by atoms with van der Waals surface area (Å²) in [5.74, 6) is -0.978. The van der Waals surface area contributed by atoms with Crippen LogP contribution < -0.4 is 0 Å². The van der Waals surface area contributed by atoms with Gasteiger partial charge < -0.3 is 14.4 Å². The Morgan fingerprint density at radius 3 is 2.19 bits per heavy atom. The lowest BCUT2D eigenvalue weighted by Crippen LogP contribution is -2.52. The Morgan fingerprint density at radius 1 is 1.04 bits per heavy atom. The van der Waals surface area contributed by atoms with Gasteiger partial charge in [0, 0.05) is 14.1 Å². The van der Waals surface area contributed by atoms with E-state index in [9.17, 15) is 14.4 Å². The first-order valence-corrected chi connectivity index (χ1v) is 8.62. The molecule has 26 heavy (non-hydrogen) atoms. The van der Waals surface area contributed by atoms with Crippen molar-refractivity contribution in [2.45, 2.75) is 33.4 Å². The summed E-state index contributed by atoms with van der Waals surface area (Å²) in [5, 5.41) is 0. The van der Waals surface area contributed by atoms with Crippen molar-refractivity contribution in [3.63, 3.8) is 0 Å². The van der Waals surface area contributed by atoms with Crippen molar-refractivity contribution in [3.05, 3.63) is 35.9 Å². The van der Waals surface area contributed by atoms with Gasteiger partial charge in [-0.1, -0.05) is 44.2 Å². The lowest BCUT2D eigenvalue weighted by atomic mass is 10.0. The van der Waals surface area contributed by atoms with Crippen molar-refractivity contribution in [2.75, 3.05) is 27.2 Å². The topological polar surface area (TPSA) is 76.2 Å². The maximum atomic E-state index is 12.7. The SMILES string of the molecule is CCOC(=O)CN(C)C(=O)[C@H](C(C)C)N(C)C(=O)OCc1ccccc1. The first-order chi connectivity index (χ1) is 12.3. The van der Waals surface area contributed by atoms with E-state index in [4.69, 9.17) is 9.47 Å². The van der Waals surface area contributed by atoms with Gasteiger partial charge in [-0.25, -0.2) is 4.79 Å². The summed E-state index contributed by atoms with van der Waals surface area (Å²) >= 11 is 0. The molecule has 1 atom stereocenters. The number of amides is 2. The monoisotopic (exact) mass is 364 g/mol. The van der Waals surface area contributed by atoms with Crippen LogP contribution in [0.25, 0.3) is 0 Å². The number of ether oxygens (including phenoxy) is 2. The van der Waals surface area contributed by atoms with E-state index in [1.807, 2.05) is 44.2 Å². The number of hydrogen-bond donors (Lipinski definition) is 0. The van der Waals surface area contributed by atoms with Crippen LogP contribution in [0, 0.1) is 5.92 Å². The van der Waals surface area contributed by atoms with Crippen molar-refractivity contribution in [1.82, 2.24) is 9.80 Å². The van der Waals surface area contributed by atoms with Gasteiger partial charge in [-0.2, -0.15) is 0 Å². The first-order valence-electron chi connectivity index (χ1n) is 8.62.